The number of nitrogens with zero attached hydrogens (tertiary/aromatic N) is 1. The molecule has 0 bridgehead atoms. The van der Waals surface area contributed by atoms with Gasteiger partial charge in [-0.1, -0.05) is 36.8 Å². The first-order valence-corrected chi connectivity index (χ1v) is 10.6. The molecule has 0 aromatic heterocycles. The molecule has 26 heavy (non-hydrogen) atoms. The van der Waals surface area contributed by atoms with Crippen LogP contribution in [-0.4, -0.2) is 50.3 Å². The molecule has 2 aliphatic rings. The molecule has 4 nitrogen and oxygen atoms in total. The van der Waals surface area contributed by atoms with Crippen LogP contribution in [-0.2, 0) is 10.2 Å². The molecule has 1 aromatic rings. The molecule has 146 valence electrons. The lowest BCUT2D eigenvalue weighted by Crippen LogP contribution is -2.52. The van der Waals surface area contributed by atoms with Gasteiger partial charge in [0.25, 0.3) is 0 Å². The van der Waals surface area contributed by atoms with Gasteiger partial charge in [-0.25, -0.2) is 0 Å². The fraction of sp³-hybridized carbons (Fsp3) is 0.650. The van der Waals surface area contributed by atoms with Crippen molar-refractivity contribution in [1.82, 2.24) is 10.6 Å². The Morgan fingerprint density at radius 3 is 2.27 bits per heavy atom. The van der Waals surface area contributed by atoms with Crippen molar-refractivity contribution in [2.45, 2.75) is 42.3 Å². The van der Waals surface area contributed by atoms with Crippen molar-refractivity contribution in [3.63, 3.8) is 0 Å². The number of benzene rings is 1. The lowest BCUT2D eigenvalue weighted by atomic mass is 9.64. The second kappa shape index (κ2) is 10.2. The highest BCUT2D eigenvalue weighted by atomic mass is 127. The second-order valence-electron chi connectivity index (χ2n) is 7.28. The molecular formula is C20H32IN3OS. The first kappa shape index (κ1) is 21.8. The largest absolute Gasteiger partial charge is 0.381 e. The van der Waals surface area contributed by atoms with Crippen molar-refractivity contribution in [2.24, 2.45) is 4.99 Å². The number of ether oxygens (including phenoxy) is 1. The molecule has 3 rings (SSSR count). The lowest BCUT2D eigenvalue weighted by Gasteiger charge is -2.43. The molecule has 0 unspecified atom stereocenters. The van der Waals surface area contributed by atoms with Gasteiger partial charge >= 0.3 is 0 Å². The highest BCUT2D eigenvalue weighted by Crippen LogP contribution is 2.43. The number of nitrogens with one attached hydrogen (secondary N) is 2. The Kier molecular flexibility index (Phi) is 8.54. The molecule has 1 aliphatic heterocycles. The zero-order valence-electron chi connectivity index (χ0n) is 15.9. The first-order valence-electron chi connectivity index (χ1n) is 9.35. The van der Waals surface area contributed by atoms with Gasteiger partial charge in [0.1, 0.15) is 0 Å². The van der Waals surface area contributed by atoms with Gasteiger partial charge in [0.2, 0.25) is 0 Å². The Morgan fingerprint density at radius 2 is 1.73 bits per heavy atom. The number of guanidine groups is 1. The van der Waals surface area contributed by atoms with Crippen LogP contribution < -0.4 is 10.6 Å². The Labute approximate surface area is 179 Å². The summed E-state index contributed by atoms with van der Waals surface area (Å²) in [6.07, 6.45) is 8.25. The number of hydrogen-bond donors (Lipinski definition) is 2. The van der Waals surface area contributed by atoms with Crippen LogP contribution in [0.15, 0.2) is 35.3 Å². The third kappa shape index (κ3) is 5.07. The minimum absolute atomic E-state index is 0. The summed E-state index contributed by atoms with van der Waals surface area (Å²) in [7, 11) is 1.86. The van der Waals surface area contributed by atoms with E-state index in [1.807, 2.05) is 18.8 Å². The Balaban J connectivity index is 0.00000243. The maximum Gasteiger partial charge on any atom is 0.191 e. The molecule has 0 atom stereocenters. The van der Waals surface area contributed by atoms with Crippen molar-refractivity contribution in [3.05, 3.63) is 35.9 Å². The Morgan fingerprint density at radius 1 is 1.08 bits per heavy atom. The van der Waals surface area contributed by atoms with Crippen LogP contribution in [0.4, 0.5) is 0 Å². The molecule has 2 N–H and O–H groups in total. The first-order chi connectivity index (χ1) is 12.2. The molecule has 0 amide bonds. The van der Waals surface area contributed by atoms with E-state index in [2.05, 4.69) is 52.2 Å². The van der Waals surface area contributed by atoms with Crippen LogP contribution in [0.2, 0.25) is 0 Å². The maximum atomic E-state index is 5.54. The molecular weight excluding hydrogens is 457 g/mol. The summed E-state index contributed by atoms with van der Waals surface area (Å²) in [5.41, 5.74) is 1.73. The zero-order chi connectivity index (χ0) is 17.6. The van der Waals surface area contributed by atoms with Gasteiger partial charge in [-0.15, -0.1) is 24.0 Å². The van der Waals surface area contributed by atoms with Crippen LogP contribution >= 0.6 is 35.7 Å². The zero-order valence-corrected chi connectivity index (χ0v) is 19.1. The summed E-state index contributed by atoms with van der Waals surface area (Å²) in [6.45, 7) is 3.62. The van der Waals surface area contributed by atoms with Gasteiger partial charge in [-0.2, -0.15) is 11.8 Å². The summed E-state index contributed by atoms with van der Waals surface area (Å²) in [5.74, 6) is 0.919. The van der Waals surface area contributed by atoms with E-state index in [-0.39, 0.29) is 34.1 Å². The van der Waals surface area contributed by atoms with Crippen molar-refractivity contribution < 1.29 is 4.74 Å². The van der Waals surface area contributed by atoms with Crippen molar-refractivity contribution in [2.75, 3.05) is 39.6 Å². The van der Waals surface area contributed by atoms with E-state index < -0.39 is 0 Å². The molecule has 6 heteroatoms. The van der Waals surface area contributed by atoms with Crippen LogP contribution in [0, 0.1) is 0 Å². The summed E-state index contributed by atoms with van der Waals surface area (Å²) < 4.78 is 5.80. The molecule has 2 fully saturated rings. The molecule has 0 spiro atoms. The van der Waals surface area contributed by atoms with E-state index in [1.165, 1.54) is 24.8 Å². The average Bonchev–Trinajstić information content (AvgIpc) is 2.65. The molecule has 1 aromatic carbocycles. The van der Waals surface area contributed by atoms with Crippen molar-refractivity contribution in [1.29, 1.82) is 0 Å². The van der Waals surface area contributed by atoms with E-state index in [4.69, 9.17) is 4.74 Å². The van der Waals surface area contributed by atoms with E-state index in [0.717, 1.165) is 45.1 Å². The number of rotatable bonds is 6. The van der Waals surface area contributed by atoms with Crippen LogP contribution in [0.5, 0.6) is 0 Å². The Hall–Kier alpha value is -0.470. The van der Waals surface area contributed by atoms with Gasteiger partial charge in [0.15, 0.2) is 5.96 Å². The number of halogens is 1. The molecule has 0 radical (unpaired) electrons. The highest BCUT2D eigenvalue weighted by Gasteiger charge is 2.38. The van der Waals surface area contributed by atoms with Crippen molar-refractivity contribution in [3.8, 4) is 0 Å². The van der Waals surface area contributed by atoms with Crippen LogP contribution in [0.25, 0.3) is 0 Å². The fourth-order valence-electron chi connectivity index (χ4n) is 3.88. The van der Waals surface area contributed by atoms with E-state index in [0.29, 0.717) is 0 Å². The molecule has 1 heterocycles. The smallest absolute Gasteiger partial charge is 0.191 e. The van der Waals surface area contributed by atoms with E-state index in [1.54, 1.807) is 0 Å². The molecule has 1 aliphatic carbocycles. The van der Waals surface area contributed by atoms with Gasteiger partial charge in [-0.05, 0) is 37.5 Å². The fourth-order valence-corrected chi connectivity index (χ4v) is 4.67. The quantitative estimate of drug-likeness (QED) is 0.363. The standard InChI is InChI=1S/C20H31N3OS.HI/c1-21-18(23-16-20(25-2)11-13-24-14-12-20)22-15-19(9-6-10-19)17-7-4-3-5-8-17;/h3-5,7-8H,6,9-16H2,1-2H3,(H2,21,22,23);1H. The topological polar surface area (TPSA) is 45.7 Å². The second-order valence-corrected chi connectivity index (χ2v) is 8.55. The normalized spacial score (nSPS) is 21.2. The monoisotopic (exact) mass is 489 g/mol. The van der Waals surface area contributed by atoms with Gasteiger partial charge in [0, 0.05) is 43.5 Å². The predicted molar refractivity (Wildman–Crippen MR) is 123 cm³/mol. The summed E-state index contributed by atoms with van der Waals surface area (Å²) in [4.78, 5) is 4.45. The highest BCUT2D eigenvalue weighted by molar-refractivity contribution is 14.0. The van der Waals surface area contributed by atoms with E-state index in [9.17, 15) is 0 Å². The minimum atomic E-state index is 0. The number of aliphatic imine (C=N–C) groups is 1. The third-order valence-electron chi connectivity index (χ3n) is 5.93. The average molecular weight is 489 g/mol. The SMILES string of the molecule is CN=C(NCC1(SC)CCOCC1)NCC1(c2ccccc2)CCC1.I. The molecule has 1 saturated heterocycles. The number of thioether (sulfide) groups is 1. The minimum Gasteiger partial charge on any atom is -0.381 e. The number of hydrogen-bond acceptors (Lipinski definition) is 3. The van der Waals surface area contributed by atoms with Crippen LogP contribution in [0.1, 0.15) is 37.7 Å². The van der Waals surface area contributed by atoms with Crippen molar-refractivity contribution >= 4 is 41.7 Å². The summed E-state index contributed by atoms with van der Waals surface area (Å²) in [5, 5.41) is 7.16. The summed E-state index contributed by atoms with van der Waals surface area (Å²) >= 11 is 1.96. The Bertz CT molecular complexity index is 572. The maximum absolute atomic E-state index is 5.54. The van der Waals surface area contributed by atoms with Crippen LogP contribution in [0.3, 0.4) is 0 Å². The lowest BCUT2D eigenvalue weighted by molar-refractivity contribution is 0.0782. The van der Waals surface area contributed by atoms with E-state index >= 15 is 0 Å². The summed E-state index contributed by atoms with van der Waals surface area (Å²) in [6, 6.07) is 10.9. The molecule has 1 saturated carbocycles. The van der Waals surface area contributed by atoms with Gasteiger partial charge in [0.05, 0.1) is 0 Å². The van der Waals surface area contributed by atoms with Gasteiger partial charge < -0.3 is 15.4 Å². The third-order valence-corrected chi connectivity index (χ3v) is 7.35. The van der Waals surface area contributed by atoms with Gasteiger partial charge in [-0.3, -0.25) is 4.99 Å². The predicted octanol–water partition coefficient (Wildman–Crippen LogP) is 3.80.